The Morgan fingerprint density at radius 2 is 1.82 bits per heavy atom. The maximum atomic E-state index is 12.0. The lowest BCUT2D eigenvalue weighted by Crippen LogP contribution is -2.45. The fraction of sp³-hybridized carbons (Fsp3) is 0.412. The summed E-state index contributed by atoms with van der Waals surface area (Å²) in [4.78, 5) is 38.5. The van der Waals surface area contributed by atoms with Crippen LogP contribution in [0.25, 0.3) is 0 Å². The third kappa shape index (κ3) is 8.12. The standard InChI is InChI=1S/C17H23Cl2N5O4/c1-9(2)14(20)15(26)22-6-7-28-17(27)24-16(21)23-13(25)8-10-11(18)4-3-5-12(10)19/h3-5,9,14H,6-8,20H2,1-2H3,(H,22,26)(H3,21,23,24,25,27). The number of carbonyl (C=O) groups excluding carboxylic acids is 3. The van der Waals surface area contributed by atoms with Crippen LogP contribution < -0.4 is 22.1 Å². The zero-order valence-corrected chi connectivity index (χ0v) is 17.0. The monoisotopic (exact) mass is 431 g/mol. The van der Waals surface area contributed by atoms with Crippen LogP contribution in [0.2, 0.25) is 10.0 Å². The van der Waals surface area contributed by atoms with Gasteiger partial charge in [-0.3, -0.25) is 14.9 Å². The molecular weight excluding hydrogens is 409 g/mol. The highest BCUT2D eigenvalue weighted by Crippen LogP contribution is 2.24. The zero-order chi connectivity index (χ0) is 21.3. The smallest absolute Gasteiger partial charge is 0.436 e. The number of nitrogens with two attached hydrogens (primary N) is 2. The van der Waals surface area contributed by atoms with Crippen molar-refractivity contribution in [1.29, 1.82) is 0 Å². The SMILES string of the molecule is CC(C)C(N)C(=O)NCCOC(=O)N=C(N)NC(=O)Cc1c(Cl)cccc1Cl. The summed E-state index contributed by atoms with van der Waals surface area (Å²) in [6.45, 7) is 3.57. The van der Waals surface area contributed by atoms with E-state index in [1.165, 1.54) is 0 Å². The van der Waals surface area contributed by atoms with Crippen LogP contribution in [0.1, 0.15) is 19.4 Å². The Labute approximate surface area is 172 Å². The number of hydrogen-bond acceptors (Lipinski definition) is 5. The van der Waals surface area contributed by atoms with Gasteiger partial charge in [0.15, 0.2) is 0 Å². The quantitative estimate of drug-likeness (QED) is 0.289. The van der Waals surface area contributed by atoms with Gasteiger partial charge in [0.25, 0.3) is 0 Å². The summed E-state index contributed by atoms with van der Waals surface area (Å²) in [7, 11) is 0. The Morgan fingerprint density at radius 3 is 2.39 bits per heavy atom. The van der Waals surface area contributed by atoms with Crippen molar-refractivity contribution in [3.05, 3.63) is 33.8 Å². The van der Waals surface area contributed by atoms with Crippen molar-refractivity contribution in [2.24, 2.45) is 22.4 Å². The van der Waals surface area contributed by atoms with E-state index in [2.05, 4.69) is 15.6 Å². The second kappa shape index (κ2) is 11.5. The largest absolute Gasteiger partial charge is 0.446 e. The van der Waals surface area contributed by atoms with Gasteiger partial charge in [0.05, 0.1) is 19.0 Å². The van der Waals surface area contributed by atoms with Gasteiger partial charge in [-0.25, -0.2) is 4.79 Å². The number of carbonyl (C=O) groups is 3. The van der Waals surface area contributed by atoms with Crippen molar-refractivity contribution in [3.8, 4) is 0 Å². The van der Waals surface area contributed by atoms with Gasteiger partial charge in [0.1, 0.15) is 6.61 Å². The van der Waals surface area contributed by atoms with E-state index in [4.69, 9.17) is 39.4 Å². The molecule has 1 atom stereocenters. The van der Waals surface area contributed by atoms with Gasteiger partial charge in [-0.15, -0.1) is 4.99 Å². The van der Waals surface area contributed by atoms with Gasteiger partial charge >= 0.3 is 6.09 Å². The molecule has 9 nitrogen and oxygen atoms in total. The van der Waals surface area contributed by atoms with Crippen molar-refractivity contribution in [3.63, 3.8) is 0 Å². The molecule has 0 saturated carbocycles. The van der Waals surface area contributed by atoms with Crippen LogP contribution in [0.5, 0.6) is 0 Å². The maximum Gasteiger partial charge on any atom is 0.436 e. The summed E-state index contributed by atoms with van der Waals surface area (Å²) in [5.74, 6) is -1.36. The summed E-state index contributed by atoms with van der Waals surface area (Å²) in [6.07, 6.45) is -1.16. The molecule has 1 aromatic carbocycles. The first-order valence-corrected chi connectivity index (χ1v) is 9.14. The fourth-order valence-electron chi connectivity index (χ4n) is 1.94. The number of hydrogen-bond donors (Lipinski definition) is 4. The molecule has 0 saturated heterocycles. The zero-order valence-electron chi connectivity index (χ0n) is 15.5. The van der Waals surface area contributed by atoms with Gasteiger partial charge in [-0.2, -0.15) is 0 Å². The van der Waals surface area contributed by atoms with Gasteiger partial charge in [0.2, 0.25) is 17.8 Å². The summed E-state index contributed by atoms with van der Waals surface area (Å²) >= 11 is 12.0. The Morgan fingerprint density at radius 1 is 1.21 bits per heavy atom. The molecule has 154 valence electrons. The summed E-state index contributed by atoms with van der Waals surface area (Å²) < 4.78 is 4.79. The number of benzene rings is 1. The molecule has 0 aliphatic carbocycles. The predicted octanol–water partition coefficient (Wildman–Crippen LogP) is 1.20. The molecule has 1 rings (SSSR count). The maximum absolute atomic E-state index is 12.0. The van der Waals surface area contributed by atoms with Crippen molar-refractivity contribution in [1.82, 2.24) is 10.6 Å². The minimum atomic E-state index is -1.02. The highest BCUT2D eigenvalue weighted by atomic mass is 35.5. The van der Waals surface area contributed by atoms with Crippen LogP contribution in [-0.2, 0) is 20.7 Å². The van der Waals surface area contributed by atoms with Crippen molar-refractivity contribution >= 4 is 47.1 Å². The van der Waals surface area contributed by atoms with Gasteiger partial charge in [0, 0.05) is 10.0 Å². The second-order valence-corrected chi connectivity index (χ2v) is 6.91. The van der Waals surface area contributed by atoms with E-state index in [1.807, 2.05) is 13.8 Å². The van der Waals surface area contributed by atoms with E-state index < -0.39 is 24.0 Å². The average molecular weight is 432 g/mol. The Bertz CT molecular complexity index is 735. The number of guanidine groups is 1. The van der Waals surface area contributed by atoms with Crippen LogP contribution in [0, 0.1) is 5.92 Å². The lowest BCUT2D eigenvalue weighted by molar-refractivity contribution is -0.123. The summed E-state index contributed by atoms with van der Waals surface area (Å²) in [6, 6.07) is 4.19. The molecule has 3 amide bonds. The lowest BCUT2D eigenvalue weighted by atomic mass is 10.1. The van der Waals surface area contributed by atoms with Crippen LogP contribution in [0.15, 0.2) is 23.2 Å². The molecular formula is C17H23Cl2N5O4. The lowest BCUT2D eigenvalue weighted by Gasteiger charge is -2.14. The average Bonchev–Trinajstić information content (AvgIpc) is 2.60. The molecule has 0 aromatic heterocycles. The molecule has 6 N–H and O–H groups in total. The highest BCUT2D eigenvalue weighted by molar-refractivity contribution is 6.36. The van der Waals surface area contributed by atoms with Crippen molar-refractivity contribution in [2.75, 3.05) is 13.2 Å². The number of nitrogens with one attached hydrogen (secondary N) is 2. The minimum Gasteiger partial charge on any atom is -0.446 e. The summed E-state index contributed by atoms with van der Waals surface area (Å²) in [5, 5.41) is 5.42. The Balaban J connectivity index is 2.41. The Kier molecular flexibility index (Phi) is 9.70. The van der Waals surface area contributed by atoms with Gasteiger partial charge in [-0.05, 0) is 23.6 Å². The third-order valence-corrected chi connectivity index (χ3v) is 4.23. The third-order valence-electron chi connectivity index (χ3n) is 3.53. The van der Waals surface area contributed by atoms with Crippen LogP contribution >= 0.6 is 23.2 Å². The first-order chi connectivity index (χ1) is 13.1. The molecule has 0 radical (unpaired) electrons. The van der Waals surface area contributed by atoms with Gasteiger partial charge < -0.3 is 21.5 Å². The number of aliphatic imine (C=N–C) groups is 1. The van der Waals surface area contributed by atoms with Crippen LogP contribution in [-0.4, -0.2) is 43.1 Å². The predicted molar refractivity (Wildman–Crippen MR) is 107 cm³/mol. The second-order valence-electron chi connectivity index (χ2n) is 6.10. The van der Waals surface area contributed by atoms with Crippen LogP contribution in [0.4, 0.5) is 4.79 Å². The summed E-state index contributed by atoms with van der Waals surface area (Å²) in [5.41, 5.74) is 11.6. The highest BCUT2D eigenvalue weighted by Gasteiger charge is 2.16. The van der Waals surface area contributed by atoms with E-state index in [-0.39, 0.29) is 31.4 Å². The Hall–Kier alpha value is -2.36. The van der Waals surface area contributed by atoms with E-state index >= 15 is 0 Å². The molecule has 1 unspecified atom stereocenters. The normalized spacial score (nSPS) is 12.4. The van der Waals surface area contributed by atoms with E-state index in [9.17, 15) is 14.4 Å². The molecule has 28 heavy (non-hydrogen) atoms. The molecule has 0 aliphatic rings. The van der Waals surface area contributed by atoms with E-state index in [0.717, 1.165) is 0 Å². The number of halogens is 2. The number of rotatable bonds is 7. The minimum absolute atomic E-state index is 0.0174. The molecule has 0 spiro atoms. The number of amides is 3. The van der Waals surface area contributed by atoms with E-state index in [0.29, 0.717) is 15.6 Å². The number of nitrogens with zero attached hydrogens (tertiary/aromatic N) is 1. The molecule has 0 heterocycles. The van der Waals surface area contributed by atoms with E-state index in [1.54, 1.807) is 18.2 Å². The van der Waals surface area contributed by atoms with Crippen LogP contribution in [0.3, 0.4) is 0 Å². The number of ether oxygens (including phenoxy) is 1. The molecule has 11 heteroatoms. The fourth-order valence-corrected chi connectivity index (χ4v) is 2.47. The topological polar surface area (TPSA) is 149 Å². The van der Waals surface area contributed by atoms with Gasteiger partial charge in [-0.1, -0.05) is 43.1 Å². The first-order valence-electron chi connectivity index (χ1n) is 8.38. The van der Waals surface area contributed by atoms with Crippen molar-refractivity contribution in [2.45, 2.75) is 26.3 Å². The molecule has 0 bridgehead atoms. The van der Waals surface area contributed by atoms with Crippen molar-refractivity contribution < 1.29 is 19.1 Å². The molecule has 0 fully saturated rings. The molecule has 1 aromatic rings. The molecule has 0 aliphatic heterocycles. The first kappa shape index (κ1) is 23.7.